The molecule has 1 radical (unpaired) electrons. The molecule has 1 heterocycles. The number of aromatic nitrogens is 1. The van der Waals surface area contributed by atoms with Gasteiger partial charge in [0, 0.05) is 45.5 Å². The van der Waals surface area contributed by atoms with Crippen LogP contribution in [0.3, 0.4) is 0 Å². The van der Waals surface area contributed by atoms with Crippen LogP contribution in [0.1, 0.15) is 15.9 Å². The summed E-state index contributed by atoms with van der Waals surface area (Å²) >= 11 is 0. The Morgan fingerprint density at radius 1 is 0.923 bits per heavy atom. The van der Waals surface area contributed by atoms with Gasteiger partial charge >= 0.3 is 0 Å². The molecule has 137 valence electrons. The molecule has 26 heavy (non-hydrogen) atoms. The molecule has 3 aromatic rings. The van der Waals surface area contributed by atoms with Gasteiger partial charge in [-0.05, 0) is 5.69 Å². The number of hydrogen-bond donors (Lipinski definition) is 0. The van der Waals surface area contributed by atoms with Gasteiger partial charge < -0.3 is 12.4 Å². The summed E-state index contributed by atoms with van der Waals surface area (Å²) in [6.45, 7) is 6.95. The minimum absolute atomic E-state index is 0. The van der Waals surface area contributed by atoms with E-state index in [1.165, 1.54) is 5.19 Å². The number of pyridine rings is 1. The summed E-state index contributed by atoms with van der Waals surface area (Å²) in [5.74, 6) is -0.00675. The second-order valence-corrected chi connectivity index (χ2v) is 11.9. The number of ketones is 1. The first-order valence-corrected chi connectivity index (χ1v) is 11.5. The summed E-state index contributed by atoms with van der Waals surface area (Å²) in [7, 11) is -1.31. The van der Waals surface area contributed by atoms with Gasteiger partial charge in [0.05, 0.1) is 0 Å². The number of hydrogen-bond acceptors (Lipinski definition) is 2. The van der Waals surface area contributed by atoms with E-state index in [9.17, 15) is 4.79 Å². The zero-order chi connectivity index (χ0) is 17.2. The number of carbonyl (C=O) groups is 1. The van der Waals surface area contributed by atoms with Gasteiger partial charge in [-0.2, -0.15) is 0 Å². The van der Waals surface area contributed by atoms with E-state index in [-0.39, 0.29) is 33.3 Å². The molecular weight excluding hydrogens is 515 g/mol. The van der Waals surface area contributed by atoms with Crippen molar-refractivity contribution in [1.82, 2.24) is 4.98 Å². The molecule has 0 fully saturated rings. The maximum absolute atomic E-state index is 12.4. The zero-order valence-corrected chi connectivity index (χ0v) is 18.9. The third kappa shape index (κ3) is 5.07. The van der Waals surface area contributed by atoms with Crippen LogP contribution in [0, 0.1) is 13.5 Å². The van der Waals surface area contributed by atoms with Gasteiger partial charge in [0.15, 0.2) is 5.78 Å². The molecule has 0 N–H and O–H groups in total. The average molecular weight is 538 g/mol. The topological polar surface area (TPSA) is 30.0 Å². The van der Waals surface area contributed by atoms with E-state index in [1.54, 1.807) is 6.20 Å². The van der Waals surface area contributed by atoms with Crippen molar-refractivity contribution in [2.24, 2.45) is 0 Å². The molecule has 0 amide bonds. The van der Waals surface area contributed by atoms with Gasteiger partial charge in [0.1, 0.15) is 0 Å². The van der Waals surface area contributed by atoms with Crippen LogP contribution in [-0.2, 0) is 20.1 Å². The van der Waals surface area contributed by atoms with Crippen molar-refractivity contribution in [2.75, 3.05) is 0 Å². The molecule has 0 aliphatic rings. The molecule has 0 saturated carbocycles. The average Bonchev–Trinajstić information content (AvgIpc) is 2.61. The minimum Gasteiger partial charge on any atom is -0.358 e. The van der Waals surface area contributed by atoms with Crippen molar-refractivity contribution >= 4 is 19.0 Å². The minimum atomic E-state index is -1.31. The second-order valence-electron chi connectivity index (χ2n) is 6.87. The second kappa shape index (κ2) is 9.18. The van der Waals surface area contributed by atoms with Crippen LogP contribution in [-0.4, -0.2) is 18.8 Å². The van der Waals surface area contributed by atoms with Gasteiger partial charge in [0.25, 0.3) is 0 Å². The Bertz CT molecular complexity index is 838. The number of nitrogens with zero attached hydrogens (tertiary/aromatic N) is 1. The predicted octanol–water partition coefficient (Wildman–Crippen LogP) is 4.77. The van der Waals surface area contributed by atoms with Crippen molar-refractivity contribution in [3.8, 4) is 11.3 Å². The van der Waals surface area contributed by atoms with Crippen molar-refractivity contribution in [3.05, 3.63) is 91.5 Å². The fraction of sp³-hybridized carbons (Fsp3) is 0.136. The monoisotopic (exact) mass is 538 g/mol. The van der Waals surface area contributed by atoms with E-state index in [0.29, 0.717) is 11.1 Å². The van der Waals surface area contributed by atoms with Gasteiger partial charge in [-0.1, -0.05) is 62.1 Å². The van der Waals surface area contributed by atoms with E-state index in [0.717, 1.165) is 11.3 Å². The SMILES string of the molecule is C[Si](C)(C)c1c[c-]c(-c2ccc(C(=O)c3ccccc3)cn2)cc1.[CH3-].[Ir]. The molecule has 0 saturated heterocycles. The Balaban J connectivity index is 0.00000169. The van der Waals surface area contributed by atoms with E-state index in [4.69, 9.17) is 0 Å². The number of benzene rings is 2. The van der Waals surface area contributed by atoms with Gasteiger partial charge in [-0.15, -0.1) is 35.0 Å². The Morgan fingerprint density at radius 2 is 1.62 bits per heavy atom. The normalized spacial score (nSPS) is 10.4. The van der Waals surface area contributed by atoms with Crippen LogP contribution in [0.2, 0.25) is 19.6 Å². The first-order valence-electron chi connectivity index (χ1n) is 8.03. The summed E-state index contributed by atoms with van der Waals surface area (Å²) in [4.78, 5) is 16.9. The van der Waals surface area contributed by atoms with Crippen LogP contribution in [0.4, 0.5) is 0 Å². The van der Waals surface area contributed by atoms with Gasteiger partial charge in [-0.25, -0.2) is 0 Å². The fourth-order valence-electron chi connectivity index (χ4n) is 2.49. The first kappa shape index (κ1) is 22.2. The summed E-state index contributed by atoms with van der Waals surface area (Å²) in [6, 6.07) is 22.6. The molecule has 0 aliphatic heterocycles. The molecule has 0 spiro atoms. The van der Waals surface area contributed by atoms with Crippen LogP contribution >= 0.6 is 0 Å². The van der Waals surface area contributed by atoms with Crippen molar-refractivity contribution in [2.45, 2.75) is 19.6 Å². The van der Waals surface area contributed by atoms with Crippen molar-refractivity contribution in [1.29, 1.82) is 0 Å². The molecule has 1 aromatic heterocycles. The van der Waals surface area contributed by atoms with E-state index >= 15 is 0 Å². The molecule has 0 unspecified atom stereocenters. The predicted molar refractivity (Wildman–Crippen MR) is 108 cm³/mol. The van der Waals surface area contributed by atoms with Crippen LogP contribution in [0.5, 0.6) is 0 Å². The van der Waals surface area contributed by atoms with Crippen molar-refractivity contribution < 1.29 is 24.9 Å². The van der Waals surface area contributed by atoms with Crippen LogP contribution < -0.4 is 5.19 Å². The van der Waals surface area contributed by atoms with Crippen LogP contribution in [0.15, 0.2) is 66.9 Å². The van der Waals surface area contributed by atoms with E-state index in [2.05, 4.69) is 48.9 Å². The number of rotatable bonds is 4. The zero-order valence-electron chi connectivity index (χ0n) is 15.5. The smallest absolute Gasteiger partial charge is 0.194 e. The molecule has 3 rings (SSSR count). The maximum Gasteiger partial charge on any atom is 0.194 e. The van der Waals surface area contributed by atoms with E-state index < -0.39 is 8.07 Å². The largest absolute Gasteiger partial charge is 0.358 e. The molecule has 4 heteroatoms. The third-order valence-electron chi connectivity index (χ3n) is 4.02. The molecular formula is C22H23IrNOSi-2. The Hall–Kier alpha value is -1.87. The Morgan fingerprint density at radius 3 is 2.12 bits per heavy atom. The summed E-state index contributed by atoms with van der Waals surface area (Å²) in [5, 5.41) is 1.38. The van der Waals surface area contributed by atoms with Crippen molar-refractivity contribution in [3.63, 3.8) is 0 Å². The Kier molecular flexibility index (Phi) is 7.82. The first-order chi connectivity index (χ1) is 11.4. The fourth-order valence-corrected chi connectivity index (χ4v) is 3.58. The summed E-state index contributed by atoms with van der Waals surface area (Å²) in [5.41, 5.74) is 3.07. The molecule has 2 nitrogen and oxygen atoms in total. The Labute approximate surface area is 171 Å². The third-order valence-corrected chi connectivity index (χ3v) is 6.06. The number of carbonyl (C=O) groups excluding carboxylic acids is 1. The standard InChI is InChI=1S/C21H20NOSi.CH3.Ir/c1-24(2,3)19-12-9-16(10-13-19)20-14-11-18(15-22-20)21(23)17-7-5-4-6-8-17;;/h4-9,11-15H,1-3H3;1H3;/q2*-1;. The quantitative estimate of drug-likeness (QED) is 0.273. The van der Waals surface area contributed by atoms with Gasteiger partial charge in [0.2, 0.25) is 0 Å². The van der Waals surface area contributed by atoms with Gasteiger partial charge in [-0.3, -0.25) is 4.79 Å². The summed E-state index contributed by atoms with van der Waals surface area (Å²) in [6.07, 6.45) is 1.64. The summed E-state index contributed by atoms with van der Waals surface area (Å²) < 4.78 is 0. The maximum atomic E-state index is 12.4. The van der Waals surface area contributed by atoms with E-state index in [1.807, 2.05) is 42.5 Å². The molecule has 0 bridgehead atoms. The molecule has 2 aromatic carbocycles. The van der Waals surface area contributed by atoms with Crippen LogP contribution in [0.25, 0.3) is 11.3 Å². The molecule has 0 atom stereocenters. The molecule has 0 aliphatic carbocycles.